The summed E-state index contributed by atoms with van der Waals surface area (Å²) in [5.41, 5.74) is 13.4. The van der Waals surface area contributed by atoms with Gasteiger partial charge in [0.1, 0.15) is 5.82 Å². The summed E-state index contributed by atoms with van der Waals surface area (Å²) in [5, 5.41) is 7.07. The molecule has 0 saturated carbocycles. The summed E-state index contributed by atoms with van der Waals surface area (Å²) in [4.78, 5) is 15.9. The molecule has 0 atom stereocenters. The molecular formula is C49H29N5. The Morgan fingerprint density at radius 2 is 1.02 bits per heavy atom. The van der Waals surface area contributed by atoms with Gasteiger partial charge in [0.15, 0.2) is 0 Å². The second kappa shape index (κ2) is 11.1. The molecule has 0 aliphatic rings. The highest BCUT2D eigenvalue weighted by atomic mass is 15.0. The first-order valence-electron chi connectivity index (χ1n) is 18.3. The van der Waals surface area contributed by atoms with Crippen LogP contribution in [0.2, 0.25) is 0 Å². The molecule has 0 aliphatic heterocycles. The molecule has 0 saturated heterocycles. The number of benzene rings is 8. The van der Waals surface area contributed by atoms with Crippen LogP contribution in [0.3, 0.4) is 0 Å². The minimum atomic E-state index is 0.876. The van der Waals surface area contributed by atoms with E-state index in [2.05, 4.69) is 173 Å². The van der Waals surface area contributed by atoms with Crippen molar-refractivity contribution in [3.63, 3.8) is 0 Å². The van der Waals surface area contributed by atoms with Gasteiger partial charge in [-0.2, -0.15) is 0 Å². The van der Waals surface area contributed by atoms with Crippen molar-refractivity contribution in [1.29, 1.82) is 0 Å². The first-order chi connectivity index (χ1) is 26.8. The van der Waals surface area contributed by atoms with E-state index in [1.807, 2.05) is 12.1 Å². The van der Waals surface area contributed by atoms with E-state index in [0.717, 1.165) is 83.5 Å². The molecule has 0 aliphatic carbocycles. The molecule has 250 valence electrons. The number of fused-ring (bicyclic) bond motifs is 6. The maximum atomic E-state index is 5.37. The van der Waals surface area contributed by atoms with Gasteiger partial charge in [0.2, 0.25) is 0 Å². The number of rotatable bonds is 4. The van der Waals surface area contributed by atoms with Gasteiger partial charge in [0, 0.05) is 43.9 Å². The third kappa shape index (κ3) is 4.06. The molecule has 0 radical (unpaired) electrons. The van der Waals surface area contributed by atoms with E-state index in [1.165, 1.54) is 27.1 Å². The van der Waals surface area contributed by atoms with Gasteiger partial charge in [-0.25, -0.2) is 15.0 Å². The van der Waals surface area contributed by atoms with Gasteiger partial charge in [-0.05, 0) is 53.2 Å². The average Bonchev–Trinajstić information content (AvgIpc) is 3.76. The maximum absolute atomic E-state index is 5.37. The fourth-order valence-electron chi connectivity index (χ4n) is 8.69. The molecule has 54 heavy (non-hydrogen) atoms. The van der Waals surface area contributed by atoms with Crippen LogP contribution in [0.1, 0.15) is 0 Å². The third-order valence-electron chi connectivity index (χ3n) is 11.0. The van der Waals surface area contributed by atoms with E-state index in [-0.39, 0.29) is 0 Å². The maximum Gasteiger partial charge on any atom is 0.145 e. The minimum absolute atomic E-state index is 0.876. The van der Waals surface area contributed by atoms with Gasteiger partial charge in [-0.3, -0.25) is 4.40 Å². The van der Waals surface area contributed by atoms with Crippen LogP contribution >= 0.6 is 0 Å². The number of hydrogen-bond acceptors (Lipinski definition) is 3. The van der Waals surface area contributed by atoms with Crippen LogP contribution in [-0.4, -0.2) is 23.9 Å². The minimum Gasteiger partial charge on any atom is -0.309 e. The Morgan fingerprint density at radius 3 is 1.80 bits per heavy atom. The molecule has 5 heteroatoms. The zero-order valence-corrected chi connectivity index (χ0v) is 29.0. The van der Waals surface area contributed by atoms with Crippen LogP contribution in [0.4, 0.5) is 0 Å². The van der Waals surface area contributed by atoms with Gasteiger partial charge in [-0.15, -0.1) is 0 Å². The van der Waals surface area contributed by atoms with Crippen LogP contribution in [0.15, 0.2) is 176 Å². The topological polar surface area (TPSA) is 48.0 Å². The van der Waals surface area contributed by atoms with Crippen LogP contribution in [0.5, 0.6) is 0 Å². The van der Waals surface area contributed by atoms with Crippen LogP contribution in [-0.2, 0) is 0 Å². The number of imidazole rings is 1. The zero-order valence-electron chi connectivity index (χ0n) is 29.0. The molecule has 5 nitrogen and oxygen atoms in total. The van der Waals surface area contributed by atoms with Crippen molar-refractivity contribution in [2.24, 2.45) is 0 Å². The van der Waals surface area contributed by atoms with E-state index in [0.29, 0.717) is 0 Å². The molecule has 12 rings (SSSR count). The Hall–Kier alpha value is -7.37. The highest BCUT2D eigenvalue weighted by molar-refractivity contribution is 6.30. The summed E-state index contributed by atoms with van der Waals surface area (Å²) in [5.74, 6) is 0.947. The van der Waals surface area contributed by atoms with Gasteiger partial charge >= 0.3 is 0 Å². The Kier molecular flexibility index (Phi) is 5.99. The monoisotopic (exact) mass is 687 g/mol. The van der Waals surface area contributed by atoms with E-state index in [4.69, 9.17) is 15.0 Å². The van der Waals surface area contributed by atoms with Crippen molar-refractivity contribution in [3.05, 3.63) is 176 Å². The second-order valence-corrected chi connectivity index (χ2v) is 14.0. The van der Waals surface area contributed by atoms with Crippen molar-refractivity contribution in [2.45, 2.75) is 0 Å². The summed E-state index contributed by atoms with van der Waals surface area (Å²) in [7, 11) is 0. The van der Waals surface area contributed by atoms with Crippen molar-refractivity contribution < 1.29 is 0 Å². The Morgan fingerprint density at radius 1 is 0.389 bits per heavy atom. The zero-order chi connectivity index (χ0) is 35.3. The second-order valence-electron chi connectivity index (χ2n) is 14.0. The van der Waals surface area contributed by atoms with E-state index >= 15 is 0 Å². The number of nitrogens with zero attached hydrogens (tertiary/aromatic N) is 5. The van der Waals surface area contributed by atoms with Crippen LogP contribution in [0, 0.1) is 0 Å². The predicted molar refractivity (Wildman–Crippen MR) is 223 cm³/mol. The third-order valence-corrected chi connectivity index (χ3v) is 11.0. The lowest BCUT2D eigenvalue weighted by Gasteiger charge is -2.13. The van der Waals surface area contributed by atoms with Crippen molar-refractivity contribution >= 4 is 70.9 Å². The Balaban J connectivity index is 1.14. The highest BCUT2D eigenvalue weighted by Crippen LogP contribution is 2.44. The Bertz CT molecular complexity index is 3420. The first kappa shape index (κ1) is 29.2. The van der Waals surface area contributed by atoms with Gasteiger partial charge in [0.25, 0.3) is 0 Å². The lowest BCUT2D eigenvalue weighted by atomic mass is 10.0. The molecule has 0 bridgehead atoms. The standard InChI is InChI=1S/C49H29N5/c1-4-13-30(14-5-1)45-46(31-15-6-2-7-16-31)52-47-35-25-24-34(29-33(35)23-26-38(47)50-45)53-41-22-12-20-37-36-19-10-11-21-40(36)54-48-39(27-28-42(53)44(48)43(37)41)51-49(54)32-17-8-3-9-18-32/h1-29H. The van der Waals surface area contributed by atoms with Gasteiger partial charge < -0.3 is 4.57 Å². The lowest BCUT2D eigenvalue weighted by Crippen LogP contribution is -1.97. The molecule has 4 heterocycles. The summed E-state index contributed by atoms with van der Waals surface area (Å²) < 4.78 is 4.80. The van der Waals surface area contributed by atoms with Crippen molar-refractivity contribution in [3.8, 4) is 39.6 Å². The lowest BCUT2D eigenvalue weighted by molar-refractivity contribution is 1.19. The highest BCUT2D eigenvalue weighted by Gasteiger charge is 2.24. The van der Waals surface area contributed by atoms with Gasteiger partial charge in [0.05, 0.1) is 50.0 Å². The molecule has 0 amide bonds. The van der Waals surface area contributed by atoms with Crippen LogP contribution in [0.25, 0.3) is 111 Å². The molecular weight excluding hydrogens is 659 g/mol. The molecule has 0 unspecified atom stereocenters. The molecule has 4 aromatic heterocycles. The summed E-state index contributed by atoms with van der Waals surface area (Å²) in [6, 6.07) is 62.2. The largest absolute Gasteiger partial charge is 0.309 e. The molecule has 0 spiro atoms. The number of hydrogen-bond donors (Lipinski definition) is 0. The summed E-state index contributed by atoms with van der Waals surface area (Å²) >= 11 is 0. The average molecular weight is 688 g/mol. The van der Waals surface area contributed by atoms with Crippen molar-refractivity contribution in [2.75, 3.05) is 0 Å². The molecule has 0 N–H and O–H groups in total. The number of para-hydroxylation sites is 1. The SMILES string of the molecule is c1ccc(-c2nc3ccc4cc(-n5c6cccc7c8ccccc8n8c(-c9ccccc9)nc9ccc5c(c76)c98)ccc4c3nc2-c2ccccc2)cc1. The fourth-order valence-corrected chi connectivity index (χ4v) is 8.69. The summed E-state index contributed by atoms with van der Waals surface area (Å²) in [6.07, 6.45) is 0. The molecule has 12 aromatic rings. The first-order valence-corrected chi connectivity index (χ1v) is 18.3. The van der Waals surface area contributed by atoms with Crippen LogP contribution < -0.4 is 0 Å². The molecule has 8 aromatic carbocycles. The van der Waals surface area contributed by atoms with E-state index in [9.17, 15) is 0 Å². The smallest absolute Gasteiger partial charge is 0.145 e. The van der Waals surface area contributed by atoms with Gasteiger partial charge in [-0.1, -0.05) is 133 Å². The van der Waals surface area contributed by atoms with E-state index < -0.39 is 0 Å². The summed E-state index contributed by atoms with van der Waals surface area (Å²) in [6.45, 7) is 0. The van der Waals surface area contributed by atoms with Crippen molar-refractivity contribution in [1.82, 2.24) is 23.9 Å². The normalized spacial score (nSPS) is 12.1. The predicted octanol–water partition coefficient (Wildman–Crippen LogP) is 12.3. The fraction of sp³-hybridized carbons (Fsp3) is 0. The number of aromatic nitrogens is 5. The van der Waals surface area contributed by atoms with E-state index in [1.54, 1.807) is 0 Å². The Labute approximate surface area is 309 Å². The quantitative estimate of drug-likeness (QED) is 0.173. The molecule has 0 fully saturated rings.